The second-order valence-corrected chi connectivity index (χ2v) is 1.25. The van der Waals surface area contributed by atoms with E-state index in [1.54, 1.807) is 0 Å². The largest absolute Gasteiger partial charge is 0.478 e. The molecular formula is C6H7FO4. The summed E-state index contributed by atoms with van der Waals surface area (Å²) in [4.78, 5) is 18.5. The number of hydrogen-bond acceptors (Lipinski definition) is 2. The van der Waals surface area contributed by atoms with Gasteiger partial charge in [0.1, 0.15) is 0 Å². The van der Waals surface area contributed by atoms with Gasteiger partial charge in [0, 0.05) is 6.08 Å². The highest BCUT2D eigenvalue weighted by Crippen LogP contribution is 1.86. The summed E-state index contributed by atoms with van der Waals surface area (Å²) in [5.74, 6) is -3.91. The van der Waals surface area contributed by atoms with Gasteiger partial charge in [-0.1, -0.05) is 13.2 Å². The van der Waals surface area contributed by atoms with Crippen LogP contribution in [-0.4, -0.2) is 22.2 Å². The van der Waals surface area contributed by atoms with Gasteiger partial charge in [-0.05, 0) is 0 Å². The van der Waals surface area contributed by atoms with Crippen molar-refractivity contribution in [3.05, 3.63) is 25.1 Å². The summed E-state index contributed by atoms with van der Waals surface area (Å²) in [6.45, 7) is 5.45. The van der Waals surface area contributed by atoms with Crippen LogP contribution >= 0.6 is 0 Å². The molecule has 0 aromatic carbocycles. The third-order valence-corrected chi connectivity index (χ3v) is 0.407. The van der Waals surface area contributed by atoms with Gasteiger partial charge >= 0.3 is 11.9 Å². The third kappa shape index (κ3) is 17.8. The van der Waals surface area contributed by atoms with Crippen LogP contribution < -0.4 is 0 Å². The minimum Gasteiger partial charge on any atom is -0.478 e. The average Bonchev–Trinajstić information content (AvgIpc) is 1.89. The maximum Gasteiger partial charge on any atom is 0.364 e. The quantitative estimate of drug-likeness (QED) is 0.589. The Morgan fingerprint density at radius 3 is 1.55 bits per heavy atom. The molecule has 0 radical (unpaired) electrons. The molecule has 0 rings (SSSR count). The lowest BCUT2D eigenvalue weighted by molar-refractivity contribution is -0.134. The fourth-order valence-corrected chi connectivity index (χ4v) is 0. The first-order valence-electron chi connectivity index (χ1n) is 2.34. The number of carboxylic acid groups (broad SMARTS) is 2. The fourth-order valence-electron chi connectivity index (χ4n) is 0. The summed E-state index contributed by atoms with van der Waals surface area (Å²) in [5, 5.41) is 15.1. The number of hydrogen-bond donors (Lipinski definition) is 2. The molecule has 4 nitrogen and oxygen atoms in total. The molecule has 0 aromatic heterocycles. The van der Waals surface area contributed by atoms with Gasteiger partial charge in [-0.15, -0.1) is 0 Å². The molecule has 0 heterocycles. The van der Waals surface area contributed by atoms with Gasteiger partial charge in [0.05, 0.1) is 0 Å². The molecule has 0 amide bonds. The fraction of sp³-hybridized carbons (Fsp3) is 0. The van der Waals surface area contributed by atoms with Crippen molar-refractivity contribution in [2.75, 3.05) is 0 Å². The summed E-state index contributed by atoms with van der Waals surface area (Å²) >= 11 is 0. The van der Waals surface area contributed by atoms with E-state index in [0.717, 1.165) is 6.08 Å². The normalized spacial score (nSPS) is 7.00. The van der Waals surface area contributed by atoms with E-state index in [4.69, 9.17) is 10.2 Å². The van der Waals surface area contributed by atoms with Crippen molar-refractivity contribution >= 4 is 11.9 Å². The Morgan fingerprint density at radius 1 is 1.36 bits per heavy atom. The van der Waals surface area contributed by atoms with Gasteiger partial charge < -0.3 is 10.2 Å². The topological polar surface area (TPSA) is 74.6 Å². The highest BCUT2D eigenvalue weighted by molar-refractivity contribution is 5.83. The van der Waals surface area contributed by atoms with Gasteiger partial charge in [-0.2, -0.15) is 4.39 Å². The van der Waals surface area contributed by atoms with Crippen molar-refractivity contribution in [3.8, 4) is 0 Å². The van der Waals surface area contributed by atoms with Crippen molar-refractivity contribution in [2.45, 2.75) is 0 Å². The zero-order valence-corrected chi connectivity index (χ0v) is 5.58. The predicted octanol–water partition coefficient (Wildman–Crippen LogP) is 0.811. The van der Waals surface area contributed by atoms with Crippen LogP contribution in [0.25, 0.3) is 0 Å². The molecule has 0 aromatic rings. The lowest BCUT2D eigenvalue weighted by Crippen LogP contribution is -1.90. The molecule has 0 saturated carbocycles. The summed E-state index contributed by atoms with van der Waals surface area (Å²) in [6.07, 6.45) is 0.833. The second kappa shape index (κ2) is 6.47. The molecule has 0 unspecified atom stereocenters. The predicted molar refractivity (Wildman–Crippen MR) is 35.7 cm³/mol. The zero-order chi connectivity index (χ0) is 9.44. The van der Waals surface area contributed by atoms with Crippen LogP contribution in [0, 0.1) is 0 Å². The van der Waals surface area contributed by atoms with Crippen molar-refractivity contribution < 1.29 is 24.2 Å². The molecular weight excluding hydrogens is 155 g/mol. The van der Waals surface area contributed by atoms with Crippen LogP contribution in [0.3, 0.4) is 0 Å². The molecule has 5 heteroatoms. The lowest BCUT2D eigenvalue weighted by atomic mass is 10.6. The maximum absolute atomic E-state index is 11.0. The Morgan fingerprint density at radius 2 is 1.55 bits per heavy atom. The van der Waals surface area contributed by atoms with Gasteiger partial charge in [0.15, 0.2) is 0 Å². The van der Waals surface area contributed by atoms with E-state index in [1.807, 2.05) is 0 Å². The number of aliphatic carboxylic acids is 2. The number of carbonyl (C=O) groups is 2. The summed E-state index contributed by atoms with van der Waals surface area (Å²) in [7, 11) is 0. The highest BCUT2D eigenvalue weighted by Gasteiger charge is 1.96. The van der Waals surface area contributed by atoms with Gasteiger partial charge in [0.25, 0.3) is 0 Å². The van der Waals surface area contributed by atoms with Crippen molar-refractivity contribution in [1.29, 1.82) is 0 Å². The van der Waals surface area contributed by atoms with E-state index in [1.165, 1.54) is 0 Å². The molecule has 0 saturated heterocycles. The summed E-state index contributed by atoms with van der Waals surface area (Å²) < 4.78 is 11.0. The van der Waals surface area contributed by atoms with E-state index in [-0.39, 0.29) is 0 Å². The third-order valence-electron chi connectivity index (χ3n) is 0.407. The molecule has 11 heavy (non-hydrogen) atoms. The average molecular weight is 162 g/mol. The van der Waals surface area contributed by atoms with Crippen LogP contribution in [0.2, 0.25) is 0 Å². The van der Waals surface area contributed by atoms with Crippen LogP contribution in [0.5, 0.6) is 0 Å². The van der Waals surface area contributed by atoms with Crippen molar-refractivity contribution in [1.82, 2.24) is 0 Å². The molecule has 62 valence electrons. The Bertz CT molecular complexity index is 173. The lowest BCUT2D eigenvalue weighted by Gasteiger charge is -1.75. The van der Waals surface area contributed by atoms with Crippen molar-refractivity contribution in [2.24, 2.45) is 0 Å². The van der Waals surface area contributed by atoms with Crippen LogP contribution in [0.1, 0.15) is 0 Å². The van der Waals surface area contributed by atoms with Crippen molar-refractivity contribution in [3.63, 3.8) is 0 Å². The van der Waals surface area contributed by atoms with Gasteiger partial charge in [0.2, 0.25) is 5.83 Å². The Balaban J connectivity index is 0. The van der Waals surface area contributed by atoms with Crippen LogP contribution in [-0.2, 0) is 9.59 Å². The molecule has 0 spiro atoms. The summed E-state index contributed by atoms with van der Waals surface area (Å²) in [6, 6.07) is 0. The molecule has 0 aliphatic rings. The molecule has 0 atom stereocenters. The molecule has 2 N–H and O–H groups in total. The highest BCUT2D eigenvalue weighted by atomic mass is 19.1. The Hall–Kier alpha value is -1.65. The van der Waals surface area contributed by atoms with Crippen LogP contribution in [0.15, 0.2) is 25.1 Å². The summed E-state index contributed by atoms with van der Waals surface area (Å²) in [5.41, 5.74) is 0. The first kappa shape index (κ1) is 12.1. The molecule has 0 aliphatic carbocycles. The van der Waals surface area contributed by atoms with Gasteiger partial charge in [-0.3, -0.25) is 0 Å². The number of carboxylic acids is 2. The first-order valence-corrected chi connectivity index (χ1v) is 2.34. The molecule has 0 bridgehead atoms. The number of halogens is 1. The van der Waals surface area contributed by atoms with E-state index in [2.05, 4.69) is 13.2 Å². The van der Waals surface area contributed by atoms with E-state index in [0.29, 0.717) is 0 Å². The van der Waals surface area contributed by atoms with E-state index < -0.39 is 17.8 Å². The van der Waals surface area contributed by atoms with E-state index in [9.17, 15) is 14.0 Å². The maximum atomic E-state index is 11.0. The standard InChI is InChI=1S/C3H3FO2.C3H4O2/c1-2(4)3(5)6;1-2-3(4)5/h1H2,(H,5,6);2H,1H2,(H,4,5). The monoisotopic (exact) mass is 162 g/mol. The Labute approximate surface area is 62.3 Å². The molecule has 0 aliphatic heterocycles. The minimum atomic E-state index is -1.60. The minimum absolute atomic E-state index is 0.833. The zero-order valence-electron chi connectivity index (χ0n) is 5.58. The second-order valence-electron chi connectivity index (χ2n) is 1.25. The smallest absolute Gasteiger partial charge is 0.364 e. The van der Waals surface area contributed by atoms with E-state index >= 15 is 0 Å². The van der Waals surface area contributed by atoms with Crippen LogP contribution in [0.4, 0.5) is 4.39 Å². The first-order chi connectivity index (χ1) is 4.91. The SMILES string of the molecule is C=C(F)C(=O)O.C=CC(=O)O. The number of rotatable bonds is 2. The van der Waals surface area contributed by atoms with Gasteiger partial charge in [-0.25, -0.2) is 9.59 Å². The molecule has 0 fully saturated rings. The Kier molecular flexibility index (Phi) is 7.10.